The quantitative estimate of drug-likeness (QED) is 0.521. The Kier molecular flexibility index (Phi) is 3.22. The van der Waals surface area contributed by atoms with Crippen LogP contribution in [0.4, 0.5) is 0 Å². The highest BCUT2D eigenvalue weighted by Crippen LogP contribution is 1.95. The molecule has 0 saturated heterocycles. The van der Waals surface area contributed by atoms with Crippen molar-refractivity contribution in [2.24, 2.45) is 0 Å². The molecule has 0 aliphatic heterocycles. The zero-order valence-electron chi connectivity index (χ0n) is 6.51. The summed E-state index contributed by atoms with van der Waals surface area (Å²) in [6.07, 6.45) is 0. The molecule has 0 bridgehead atoms. The van der Waals surface area contributed by atoms with E-state index in [1.165, 1.54) is 18.2 Å². The van der Waals surface area contributed by atoms with Gasteiger partial charge < -0.3 is 9.66 Å². The van der Waals surface area contributed by atoms with Gasteiger partial charge >= 0.3 is 12.5 Å². The fraction of sp³-hybridized carbons (Fsp3) is 0. The third-order valence-corrected chi connectivity index (χ3v) is 1.84. The van der Waals surface area contributed by atoms with E-state index >= 15 is 0 Å². The van der Waals surface area contributed by atoms with Crippen LogP contribution in [-0.4, -0.2) is 26.4 Å². The summed E-state index contributed by atoms with van der Waals surface area (Å²) in [4.78, 5) is 10.5. The van der Waals surface area contributed by atoms with Crippen LogP contribution < -0.4 is 5.46 Å². The number of hydrogen-bond donors (Lipinski definition) is 2. The minimum absolute atomic E-state index is 0.0965. The largest absolute Gasteiger partial charge is 0.478 e. The molecule has 1 rings (SSSR count). The van der Waals surface area contributed by atoms with E-state index in [4.69, 9.17) is 9.66 Å². The van der Waals surface area contributed by atoms with Crippen LogP contribution in [0, 0.1) is 0 Å². The van der Waals surface area contributed by atoms with Gasteiger partial charge in [-0.1, -0.05) is 23.7 Å². The predicted molar refractivity (Wildman–Crippen MR) is 49.6 cm³/mol. The van der Waals surface area contributed by atoms with Crippen molar-refractivity contribution >= 4 is 28.9 Å². The molecule has 1 aromatic carbocycles. The van der Waals surface area contributed by atoms with Gasteiger partial charge in [0.25, 0.3) is 0 Å². The summed E-state index contributed by atoms with van der Waals surface area (Å²) in [5, 5.41) is 8.59. The zero-order chi connectivity index (χ0) is 9.84. The summed E-state index contributed by atoms with van der Waals surface area (Å²) < 4.78 is 18.9. The molecule has 6 heteroatoms. The number of aromatic carboxylic acids is 1. The van der Waals surface area contributed by atoms with Crippen molar-refractivity contribution in [1.29, 1.82) is 0 Å². The standard InChI is InChI=1S/C7H6BO4S/c9-7(10)5-2-1-3-6(4-5)8-13(11)12/h1-4H,(H,9,10)(H,11,12). The Hall–Kier alpha value is -1.14. The molecule has 0 aliphatic carbocycles. The highest BCUT2D eigenvalue weighted by atomic mass is 32.2. The van der Waals surface area contributed by atoms with Crippen molar-refractivity contribution in [2.75, 3.05) is 0 Å². The third-order valence-electron chi connectivity index (χ3n) is 1.37. The van der Waals surface area contributed by atoms with Crippen LogP contribution in [-0.2, 0) is 10.9 Å². The molecule has 0 amide bonds. The molecule has 1 aromatic rings. The van der Waals surface area contributed by atoms with Gasteiger partial charge in [-0.15, -0.1) is 0 Å². The number of hydrogen-bond acceptors (Lipinski definition) is 2. The van der Waals surface area contributed by atoms with Gasteiger partial charge in [-0.2, -0.15) is 0 Å². The lowest BCUT2D eigenvalue weighted by atomic mass is 9.93. The summed E-state index contributed by atoms with van der Waals surface area (Å²) in [5.74, 6) is -1.06. The van der Waals surface area contributed by atoms with Crippen molar-refractivity contribution in [3.05, 3.63) is 29.8 Å². The lowest BCUT2D eigenvalue weighted by Gasteiger charge is -1.97. The maximum atomic E-state index is 10.5. The number of benzene rings is 1. The van der Waals surface area contributed by atoms with Gasteiger partial charge in [0, 0.05) is 0 Å². The fourth-order valence-corrected chi connectivity index (χ4v) is 1.24. The first-order valence-corrected chi connectivity index (χ1v) is 4.54. The van der Waals surface area contributed by atoms with Crippen molar-refractivity contribution < 1.29 is 18.7 Å². The maximum absolute atomic E-state index is 10.5. The van der Waals surface area contributed by atoms with Crippen LogP contribution in [0.1, 0.15) is 10.4 Å². The number of rotatable bonds is 3. The average molecular weight is 197 g/mol. The average Bonchev–Trinajstić information content (AvgIpc) is 2.03. The van der Waals surface area contributed by atoms with Crippen LogP contribution in [0.2, 0.25) is 0 Å². The highest BCUT2D eigenvalue weighted by molar-refractivity contribution is 8.06. The van der Waals surface area contributed by atoms with E-state index in [9.17, 15) is 9.00 Å². The van der Waals surface area contributed by atoms with Crippen molar-refractivity contribution in [1.82, 2.24) is 0 Å². The molecular weight excluding hydrogens is 191 g/mol. The van der Waals surface area contributed by atoms with E-state index in [1.807, 2.05) is 0 Å². The van der Waals surface area contributed by atoms with Crippen molar-refractivity contribution in [2.45, 2.75) is 0 Å². The Bertz CT molecular complexity index is 352. The topological polar surface area (TPSA) is 74.6 Å². The van der Waals surface area contributed by atoms with Crippen LogP contribution >= 0.6 is 0 Å². The summed E-state index contributed by atoms with van der Waals surface area (Å²) in [5.41, 5.74) is 0.514. The second-order valence-corrected chi connectivity index (χ2v) is 3.11. The first-order valence-electron chi connectivity index (χ1n) is 3.37. The zero-order valence-corrected chi connectivity index (χ0v) is 7.32. The summed E-state index contributed by atoms with van der Waals surface area (Å²) in [6.45, 7) is 1.06. The van der Waals surface area contributed by atoms with E-state index in [-0.39, 0.29) is 5.56 Å². The van der Waals surface area contributed by atoms with Gasteiger partial charge in [-0.3, -0.25) is 0 Å². The van der Waals surface area contributed by atoms with Gasteiger partial charge in [-0.25, -0.2) is 9.00 Å². The van der Waals surface area contributed by atoms with Crippen LogP contribution in [0.25, 0.3) is 0 Å². The molecule has 1 radical (unpaired) electrons. The molecule has 1 unspecified atom stereocenters. The van der Waals surface area contributed by atoms with E-state index in [0.29, 0.717) is 5.46 Å². The number of carboxylic acids is 1. The molecule has 0 heterocycles. The van der Waals surface area contributed by atoms with E-state index < -0.39 is 16.9 Å². The van der Waals surface area contributed by atoms with E-state index in [0.717, 1.165) is 6.56 Å². The molecule has 0 spiro atoms. The minimum atomic E-state index is -2.06. The normalized spacial score (nSPS) is 12.1. The predicted octanol–water partition coefficient (Wildman–Crippen LogP) is -0.149. The second-order valence-electron chi connectivity index (χ2n) is 2.32. The number of carbonyl (C=O) groups is 1. The lowest BCUT2D eigenvalue weighted by Crippen LogP contribution is -2.19. The lowest BCUT2D eigenvalue weighted by molar-refractivity contribution is 0.0697. The molecule has 2 N–H and O–H groups in total. The Balaban J connectivity index is 2.91. The maximum Gasteiger partial charge on any atom is 0.335 e. The SMILES string of the molecule is O=C(O)c1cccc([B]S(=O)O)c1. The van der Waals surface area contributed by atoms with Crippen LogP contribution in [0.3, 0.4) is 0 Å². The van der Waals surface area contributed by atoms with Gasteiger partial charge in [-0.05, 0) is 6.07 Å². The smallest absolute Gasteiger partial charge is 0.335 e. The summed E-state index contributed by atoms with van der Waals surface area (Å²) >= 11 is 0. The molecule has 13 heavy (non-hydrogen) atoms. The molecule has 0 fully saturated rings. The molecule has 67 valence electrons. The monoisotopic (exact) mass is 197 g/mol. The Morgan fingerprint density at radius 2 is 2.15 bits per heavy atom. The molecular formula is C7H6BO4S. The highest BCUT2D eigenvalue weighted by Gasteiger charge is 2.06. The van der Waals surface area contributed by atoms with Crippen LogP contribution in [0.15, 0.2) is 24.3 Å². The van der Waals surface area contributed by atoms with Gasteiger partial charge in [0.15, 0.2) is 0 Å². The first-order chi connectivity index (χ1) is 6.09. The van der Waals surface area contributed by atoms with E-state index in [2.05, 4.69) is 0 Å². The Morgan fingerprint density at radius 3 is 2.69 bits per heavy atom. The van der Waals surface area contributed by atoms with Gasteiger partial charge in [0.2, 0.25) is 0 Å². The fourth-order valence-electron chi connectivity index (χ4n) is 0.861. The van der Waals surface area contributed by atoms with Crippen LogP contribution in [0.5, 0.6) is 0 Å². The molecule has 1 atom stereocenters. The summed E-state index contributed by atoms with van der Waals surface area (Å²) in [6, 6.07) is 5.82. The first kappa shape index (κ1) is 9.95. The van der Waals surface area contributed by atoms with E-state index in [1.54, 1.807) is 6.07 Å². The Labute approximate surface area is 78.0 Å². The second kappa shape index (κ2) is 4.20. The molecule has 4 nitrogen and oxygen atoms in total. The van der Waals surface area contributed by atoms with Gasteiger partial charge in [0.1, 0.15) is 0 Å². The Morgan fingerprint density at radius 1 is 1.46 bits per heavy atom. The van der Waals surface area contributed by atoms with Crippen molar-refractivity contribution in [3.63, 3.8) is 0 Å². The number of carboxylic acid groups (broad SMARTS) is 1. The molecule has 0 saturated carbocycles. The van der Waals surface area contributed by atoms with Crippen molar-refractivity contribution in [3.8, 4) is 0 Å². The molecule has 0 aromatic heterocycles. The third kappa shape index (κ3) is 3.00. The van der Waals surface area contributed by atoms with Gasteiger partial charge in [0.05, 0.1) is 16.5 Å². The minimum Gasteiger partial charge on any atom is -0.478 e. The summed E-state index contributed by atoms with van der Waals surface area (Å²) in [7, 11) is -2.06. The molecule has 0 aliphatic rings.